The number of thioether (sulfide) groups is 1. The summed E-state index contributed by atoms with van der Waals surface area (Å²) in [7, 11) is -12.3. The second-order valence-electron chi connectivity index (χ2n) is 18.6. The molecule has 5 heterocycles. The molecule has 0 spiro atoms. The normalized spacial score (nSPS) is 14.0. The summed E-state index contributed by atoms with van der Waals surface area (Å²) in [5, 5.41) is 7.33. The van der Waals surface area contributed by atoms with Gasteiger partial charge in [-0.2, -0.15) is 34.4 Å². The zero-order valence-electron chi connectivity index (χ0n) is 44.9. The summed E-state index contributed by atoms with van der Waals surface area (Å²) in [5.41, 5.74) is 4.95. The summed E-state index contributed by atoms with van der Waals surface area (Å²) in [4.78, 5) is 5.31. The number of halogens is 3. The van der Waals surface area contributed by atoms with Gasteiger partial charge in [0.15, 0.2) is 24.7 Å². The van der Waals surface area contributed by atoms with E-state index < -0.39 is 36.1 Å². The molecule has 11 rings (SSSR count). The molecule has 15 nitrogen and oxygen atoms in total. The maximum absolute atomic E-state index is 11.4. The minimum Gasteiger partial charge on any atom is -0.438 e. The maximum atomic E-state index is 11.4. The number of ether oxygens (including phenoxy) is 1. The standard InChI is InChI=1S/C25H23ClN2O7S3.C19H17Cl2N2S2.C7H10N.C7H8O3S/c26-18-8-9-21-20(15-18)27(11-3-13-37(29,30)31)23(35-21)16-24-28(12-4-14-38(32,33)34)25-19-6-2-1-5-17(19)7-10-22(25)36-24;1-3-22-14-9-12(20)5-7-16(14)24-18(22)11-19-23(4-2)15-10-13(21)6-8-17(15)25-19;1-2-8-6-4-3-5-7-8;1-6-2-4-7(5-3-6)11(8,9)10/h1-2,5-10,15-16H,3-4,11-14H2,(H-,29,30,31,32,33,34);5-11H,3-4H2,1-2H3;3-7H,2H2,1H3;2-5H,1H3,(H,8,9,10)/q;2*+1;/p+1. The molecule has 3 aromatic heterocycles. The molecule has 0 saturated carbocycles. The molecule has 0 unspecified atom stereocenters. The molecule has 0 aliphatic carbocycles. The first-order valence-electron chi connectivity index (χ1n) is 25.8. The third-order valence-corrected chi connectivity index (χ3v) is 19.4. The van der Waals surface area contributed by atoms with Crippen LogP contribution in [-0.2, 0) is 50.0 Å². The van der Waals surface area contributed by atoms with Gasteiger partial charge in [0.2, 0.25) is 16.9 Å². The number of hydrogen-bond acceptors (Lipinski definition) is 12. The molecule has 0 saturated heterocycles. The Hall–Kier alpha value is -5.66. The molecule has 430 valence electrons. The molecule has 0 fully saturated rings. The van der Waals surface area contributed by atoms with Crippen LogP contribution in [0, 0.1) is 6.92 Å². The van der Waals surface area contributed by atoms with Crippen LogP contribution in [0.4, 0.5) is 11.4 Å². The average molecular weight is 1280 g/mol. The second kappa shape index (κ2) is 27.4. The van der Waals surface area contributed by atoms with Crippen molar-refractivity contribution >= 4 is 154 Å². The number of pyridine rings is 1. The zero-order chi connectivity index (χ0) is 58.9. The summed E-state index contributed by atoms with van der Waals surface area (Å²) in [6.07, 6.45) is 8.57. The Morgan fingerprint density at radius 1 is 0.622 bits per heavy atom. The smallest absolute Gasteiger partial charge is 0.294 e. The number of fused-ring (bicyclic) bond motifs is 6. The highest BCUT2D eigenvalue weighted by molar-refractivity contribution is 8.04. The third kappa shape index (κ3) is 16.2. The molecule has 0 radical (unpaired) electrons. The van der Waals surface area contributed by atoms with Crippen LogP contribution in [-0.4, -0.2) is 63.5 Å². The fourth-order valence-corrected chi connectivity index (χ4v) is 14.5. The maximum Gasteiger partial charge on any atom is 0.294 e. The average Bonchev–Trinajstić information content (AvgIpc) is 4.39. The van der Waals surface area contributed by atoms with Crippen molar-refractivity contribution in [3.05, 3.63) is 187 Å². The molecule has 0 bridgehead atoms. The summed E-state index contributed by atoms with van der Waals surface area (Å²) >= 11 is 23.7. The van der Waals surface area contributed by atoms with Crippen molar-refractivity contribution in [2.75, 3.05) is 34.4 Å². The van der Waals surface area contributed by atoms with E-state index in [0.29, 0.717) is 28.9 Å². The summed E-state index contributed by atoms with van der Waals surface area (Å²) < 4.78 is 108. The predicted molar refractivity (Wildman–Crippen MR) is 333 cm³/mol. The van der Waals surface area contributed by atoms with Crippen LogP contribution in [0.5, 0.6) is 5.75 Å². The Bertz CT molecular complexity index is 4180. The fourth-order valence-electron chi connectivity index (χ4n) is 9.01. The molecule has 6 aromatic carbocycles. The predicted octanol–water partition coefficient (Wildman–Crippen LogP) is 13.4. The van der Waals surface area contributed by atoms with Crippen molar-refractivity contribution < 1.29 is 57.3 Å². The molecule has 82 heavy (non-hydrogen) atoms. The molecule has 24 heteroatoms. The fraction of sp³-hybridized carbons (Fsp3) is 0.224. The summed E-state index contributed by atoms with van der Waals surface area (Å²) in [6.45, 7) is 11.8. The van der Waals surface area contributed by atoms with Crippen LogP contribution in [0.1, 0.15) is 49.2 Å². The van der Waals surface area contributed by atoms with Crippen molar-refractivity contribution in [1.82, 2.24) is 0 Å². The van der Waals surface area contributed by atoms with Crippen LogP contribution in [0.2, 0.25) is 15.1 Å². The molecule has 9 aromatic rings. The number of anilines is 2. The summed E-state index contributed by atoms with van der Waals surface area (Å²) in [6, 6.07) is 41.4. The van der Waals surface area contributed by atoms with Crippen molar-refractivity contribution in [1.29, 1.82) is 0 Å². The monoisotopic (exact) mass is 1280 g/mol. The molecule has 0 atom stereocenters. The number of aryl methyl sites for hydroxylation is 4. The lowest BCUT2D eigenvalue weighted by Gasteiger charge is -2.17. The van der Waals surface area contributed by atoms with Crippen LogP contribution in [0.15, 0.2) is 167 Å². The quantitative estimate of drug-likeness (QED) is 0.0689. The van der Waals surface area contributed by atoms with Gasteiger partial charge in [0.05, 0.1) is 50.3 Å². The SMILES string of the molecule is CCN1C(=Cc2sc3ccc(Cl)cc3[n+]2CC)Sc2ccc(Cl)cc21.CC[n+]1ccccc1.Cc1ccc(S(=O)(=O)O)cc1.O=S(=O)(O)CCCN1C(=Cc2sc3ccc4ccccc4c3[n+]2CCCS(=O)(=O)O)Oc2ccc(Cl)cc21. The Balaban J connectivity index is 0.000000169. The lowest BCUT2D eigenvalue weighted by atomic mass is 10.1. The van der Waals surface area contributed by atoms with Gasteiger partial charge in [-0.3, -0.25) is 13.7 Å². The number of nitrogens with zero attached hydrogens (tertiary/aromatic N) is 5. The van der Waals surface area contributed by atoms with Crippen molar-refractivity contribution in [2.45, 2.75) is 70.0 Å². The molecule has 2 aliphatic heterocycles. The van der Waals surface area contributed by atoms with E-state index in [1.54, 1.807) is 58.3 Å². The van der Waals surface area contributed by atoms with E-state index in [2.05, 4.69) is 65.4 Å². The van der Waals surface area contributed by atoms with Gasteiger partial charge in [-0.1, -0.05) is 117 Å². The Labute approximate surface area is 505 Å². The van der Waals surface area contributed by atoms with Gasteiger partial charge < -0.3 is 14.5 Å². The van der Waals surface area contributed by atoms with E-state index in [1.807, 2.05) is 96.4 Å². The van der Waals surface area contributed by atoms with Gasteiger partial charge in [0.25, 0.3) is 40.4 Å². The van der Waals surface area contributed by atoms with E-state index in [-0.39, 0.29) is 30.0 Å². The van der Waals surface area contributed by atoms with E-state index in [9.17, 15) is 34.4 Å². The number of benzene rings is 6. The van der Waals surface area contributed by atoms with E-state index in [0.717, 1.165) is 61.2 Å². The number of aromatic nitrogens is 3. The molecule has 3 N–H and O–H groups in total. The molecule has 2 aliphatic rings. The van der Waals surface area contributed by atoms with Crippen molar-refractivity contribution in [2.24, 2.45) is 0 Å². The lowest BCUT2D eigenvalue weighted by molar-refractivity contribution is -0.693. The van der Waals surface area contributed by atoms with Crippen LogP contribution < -0.4 is 28.2 Å². The van der Waals surface area contributed by atoms with Gasteiger partial charge in [0, 0.05) is 57.7 Å². The number of rotatable bonds is 14. The largest absolute Gasteiger partial charge is 0.438 e. The molecule has 0 amide bonds. The van der Waals surface area contributed by atoms with Crippen LogP contribution in [0.3, 0.4) is 0 Å². The third-order valence-electron chi connectivity index (χ3n) is 12.8. The highest BCUT2D eigenvalue weighted by Gasteiger charge is 2.31. The minimum absolute atomic E-state index is 0.0666. The van der Waals surface area contributed by atoms with Crippen LogP contribution in [0.25, 0.3) is 43.4 Å². The van der Waals surface area contributed by atoms with E-state index >= 15 is 0 Å². The Morgan fingerprint density at radius 3 is 1.90 bits per heavy atom. The topological polar surface area (TPSA) is 190 Å². The van der Waals surface area contributed by atoms with Crippen molar-refractivity contribution in [3.63, 3.8) is 0 Å². The van der Waals surface area contributed by atoms with Gasteiger partial charge in [-0.05, 0) is 112 Å². The highest BCUT2D eigenvalue weighted by Crippen LogP contribution is 2.48. The van der Waals surface area contributed by atoms with Gasteiger partial charge in [-0.15, -0.1) is 0 Å². The first-order valence-corrected chi connectivity index (χ1v) is 34.0. The lowest BCUT2D eigenvalue weighted by Crippen LogP contribution is -2.36. The van der Waals surface area contributed by atoms with Gasteiger partial charge in [-0.25, -0.2) is 4.57 Å². The zero-order valence-corrected chi connectivity index (χ0v) is 52.1. The number of hydrogen-bond donors (Lipinski definition) is 3. The molecular weight excluding hydrogens is 1230 g/mol. The van der Waals surface area contributed by atoms with Crippen LogP contribution >= 0.6 is 69.2 Å². The Kier molecular flexibility index (Phi) is 20.8. The minimum atomic E-state index is -4.13. The summed E-state index contributed by atoms with van der Waals surface area (Å²) in [5.74, 6) is 0.214. The van der Waals surface area contributed by atoms with Gasteiger partial charge in [0.1, 0.15) is 22.5 Å². The molecular formula is C58H59Cl3N5O10S6+3. The second-order valence-corrected chi connectivity index (χ2v) is 27.6. The van der Waals surface area contributed by atoms with E-state index in [1.165, 1.54) is 54.3 Å². The Morgan fingerprint density at radius 2 is 1.24 bits per heavy atom. The van der Waals surface area contributed by atoms with Gasteiger partial charge >= 0.3 is 0 Å². The van der Waals surface area contributed by atoms with Crippen molar-refractivity contribution in [3.8, 4) is 5.75 Å². The number of thiazole rings is 2. The van der Waals surface area contributed by atoms with E-state index in [4.69, 9.17) is 44.1 Å². The first kappa shape index (κ1) is 62.4. The highest BCUT2D eigenvalue weighted by atomic mass is 35.5. The first-order chi connectivity index (χ1) is 39.0.